The third-order valence-corrected chi connectivity index (χ3v) is 3.24. The van der Waals surface area contributed by atoms with Crippen molar-refractivity contribution in [3.63, 3.8) is 0 Å². The Morgan fingerprint density at radius 3 is 2.68 bits per heavy atom. The monoisotopic (exact) mass is 280 g/mol. The first-order chi connectivity index (χ1) is 9.04. The molecule has 0 unspecified atom stereocenters. The summed E-state index contributed by atoms with van der Waals surface area (Å²) in [5, 5.41) is 0. The van der Waals surface area contributed by atoms with Crippen LogP contribution in [0.3, 0.4) is 0 Å². The van der Waals surface area contributed by atoms with E-state index in [4.69, 9.17) is 4.18 Å². The SMILES string of the molecule is CS(=O)(=O)OCCc1cncn1Cc1ccccc1. The second kappa shape index (κ2) is 5.99. The number of nitrogens with zero attached hydrogens (tertiary/aromatic N) is 2. The van der Waals surface area contributed by atoms with Gasteiger partial charge in [-0.1, -0.05) is 30.3 Å². The molecule has 0 amide bonds. The van der Waals surface area contributed by atoms with Crippen LogP contribution in [0.5, 0.6) is 0 Å². The summed E-state index contributed by atoms with van der Waals surface area (Å²) >= 11 is 0. The van der Waals surface area contributed by atoms with E-state index in [1.807, 2.05) is 34.9 Å². The molecule has 0 N–H and O–H groups in total. The lowest BCUT2D eigenvalue weighted by Gasteiger charge is -2.08. The summed E-state index contributed by atoms with van der Waals surface area (Å²) in [5.74, 6) is 0. The molecule has 0 aliphatic carbocycles. The van der Waals surface area contributed by atoms with Crippen molar-refractivity contribution in [1.82, 2.24) is 9.55 Å². The maximum absolute atomic E-state index is 10.9. The molecule has 5 nitrogen and oxygen atoms in total. The molecule has 0 saturated carbocycles. The van der Waals surface area contributed by atoms with E-state index in [1.54, 1.807) is 12.5 Å². The van der Waals surface area contributed by atoms with Crippen LogP contribution >= 0.6 is 0 Å². The second-order valence-electron chi connectivity index (χ2n) is 4.27. The molecule has 2 aromatic rings. The van der Waals surface area contributed by atoms with Crippen molar-refractivity contribution < 1.29 is 12.6 Å². The Bertz CT molecular complexity index is 620. The quantitative estimate of drug-likeness (QED) is 0.751. The largest absolute Gasteiger partial charge is 0.330 e. The van der Waals surface area contributed by atoms with Crippen molar-refractivity contribution in [3.8, 4) is 0 Å². The van der Waals surface area contributed by atoms with Crippen LogP contribution in [0, 0.1) is 0 Å². The van der Waals surface area contributed by atoms with Gasteiger partial charge in [0.05, 0.1) is 19.2 Å². The molecular formula is C13H16N2O3S. The molecule has 102 valence electrons. The van der Waals surface area contributed by atoms with Crippen LogP contribution in [-0.4, -0.2) is 30.8 Å². The summed E-state index contributed by atoms with van der Waals surface area (Å²) in [6, 6.07) is 10.0. The van der Waals surface area contributed by atoms with Crippen LogP contribution in [0.4, 0.5) is 0 Å². The maximum atomic E-state index is 10.9. The molecule has 1 heterocycles. The molecule has 1 aromatic heterocycles. The lowest BCUT2D eigenvalue weighted by atomic mass is 10.2. The number of imidazole rings is 1. The summed E-state index contributed by atoms with van der Waals surface area (Å²) in [4.78, 5) is 4.09. The number of hydrogen-bond donors (Lipinski definition) is 0. The molecule has 0 aliphatic rings. The van der Waals surface area contributed by atoms with Crippen molar-refractivity contribution in [2.45, 2.75) is 13.0 Å². The van der Waals surface area contributed by atoms with Gasteiger partial charge in [0, 0.05) is 24.9 Å². The van der Waals surface area contributed by atoms with Crippen molar-refractivity contribution >= 4 is 10.1 Å². The fourth-order valence-electron chi connectivity index (χ4n) is 1.78. The normalized spacial score (nSPS) is 11.6. The molecule has 2 rings (SSSR count). The Morgan fingerprint density at radius 2 is 2.00 bits per heavy atom. The molecule has 0 spiro atoms. The van der Waals surface area contributed by atoms with Crippen LogP contribution < -0.4 is 0 Å². The first-order valence-corrected chi connectivity index (χ1v) is 7.73. The van der Waals surface area contributed by atoms with Gasteiger partial charge >= 0.3 is 0 Å². The fourth-order valence-corrected chi connectivity index (χ4v) is 2.16. The predicted molar refractivity (Wildman–Crippen MR) is 72.3 cm³/mol. The predicted octanol–water partition coefficient (Wildman–Crippen LogP) is 1.45. The van der Waals surface area contributed by atoms with Crippen LogP contribution in [0.25, 0.3) is 0 Å². The Labute approximate surface area is 113 Å². The van der Waals surface area contributed by atoms with Gasteiger partial charge in [0.25, 0.3) is 10.1 Å². The molecule has 1 aromatic carbocycles. The molecule has 0 fully saturated rings. The lowest BCUT2D eigenvalue weighted by molar-refractivity contribution is 0.323. The Hall–Kier alpha value is -1.66. The fraction of sp³-hybridized carbons (Fsp3) is 0.308. The average Bonchev–Trinajstić information content (AvgIpc) is 2.76. The number of rotatable bonds is 6. The van der Waals surface area contributed by atoms with Crippen molar-refractivity contribution in [1.29, 1.82) is 0 Å². The van der Waals surface area contributed by atoms with E-state index < -0.39 is 10.1 Å². The topological polar surface area (TPSA) is 61.2 Å². The zero-order chi connectivity index (χ0) is 13.7. The minimum absolute atomic E-state index is 0.138. The van der Waals surface area contributed by atoms with Gasteiger partial charge in [0.15, 0.2) is 0 Å². The van der Waals surface area contributed by atoms with E-state index in [9.17, 15) is 8.42 Å². The highest BCUT2D eigenvalue weighted by molar-refractivity contribution is 7.85. The van der Waals surface area contributed by atoms with E-state index in [-0.39, 0.29) is 6.61 Å². The highest BCUT2D eigenvalue weighted by Crippen LogP contribution is 2.07. The number of aromatic nitrogens is 2. The van der Waals surface area contributed by atoms with Gasteiger partial charge in [-0.2, -0.15) is 8.42 Å². The third kappa shape index (κ3) is 4.50. The first-order valence-electron chi connectivity index (χ1n) is 5.92. The summed E-state index contributed by atoms with van der Waals surface area (Å²) in [5.41, 5.74) is 2.12. The van der Waals surface area contributed by atoms with E-state index in [0.29, 0.717) is 6.42 Å². The van der Waals surface area contributed by atoms with Gasteiger partial charge in [-0.05, 0) is 5.56 Å². The van der Waals surface area contributed by atoms with Gasteiger partial charge in [0.2, 0.25) is 0 Å². The van der Waals surface area contributed by atoms with E-state index in [2.05, 4.69) is 4.98 Å². The van der Waals surface area contributed by atoms with Gasteiger partial charge in [-0.15, -0.1) is 0 Å². The van der Waals surface area contributed by atoms with Gasteiger partial charge in [0.1, 0.15) is 0 Å². The van der Waals surface area contributed by atoms with Crippen molar-refractivity contribution in [2.75, 3.05) is 12.9 Å². The molecular weight excluding hydrogens is 264 g/mol. The summed E-state index contributed by atoms with van der Waals surface area (Å²) in [6.45, 7) is 0.856. The molecule has 0 radical (unpaired) electrons. The maximum Gasteiger partial charge on any atom is 0.264 e. The summed E-state index contributed by atoms with van der Waals surface area (Å²) in [7, 11) is -3.38. The van der Waals surface area contributed by atoms with Crippen LogP contribution in [0.15, 0.2) is 42.9 Å². The molecule has 0 aliphatic heterocycles. The first kappa shape index (κ1) is 13.8. The minimum atomic E-state index is -3.38. The zero-order valence-corrected chi connectivity index (χ0v) is 11.5. The molecule has 0 atom stereocenters. The third-order valence-electron chi connectivity index (χ3n) is 2.65. The zero-order valence-electron chi connectivity index (χ0n) is 10.7. The lowest BCUT2D eigenvalue weighted by Crippen LogP contribution is -2.09. The highest BCUT2D eigenvalue weighted by atomic mass is 32.2. The second-order valence-corrected chi connectivity index (χ2v) is 5.92. The number of benzene rings is 1. The Kier molecular flexibility index (Phi) is 4.34. The van der Waals surface area contributed by atoms with Gasteiger partial charge in [-0.25, -0.2) is 4.98 Å². The van der Waals surface area contributed by atoms with Gasteiger partial charge < -0.3 is 4.57 Å². The Morgan fingerprint density at radius 1 is 1.26 bits per heavy atom. The van der Waals surface area contributed by atoms with Gasteiger partial charge in [-0.3, -0.25) is 4.18 Å². The summed E-state index contributed by atoms with van der Waals surface area (Å²) in [6.07, 6.45) is 5.03. The number of hydrogen-bond acceptors (Lipinski definition) is 4. The standard InChI is InChI=1S/C13H16N2O3S/c1-19(16,17)18-8-7-13-9-14-11-15(13)10-12-5-3-2-4-6-12/h2-6,9,11H,7-8,10H2,1H3. The minimum Gasteiger partial charge on any atom is -0.330 e. The van der Waals surface area contributed by atoms with Crippen LogP contribution in [0.2, 0.25) is 0 Å². The smallest absolute Gasteiger partial charge is 0.264 e. The highest BCUT2D eigenvalue weighted by Gasteiger charge is 2.06. The Balaban J connectivity index is 1.98. The molecule has 6 heteroatoms. The van der Waals surface area contributed by atoms with Crippen molar-refractivity contribution in [2.24, 2.45) is 0 Å². The van der Waals surface area contributed by atoms with E-state index >= 15 is 0 Å². The van der Waals surface area contributed by atoms with Crippen LogP contribution in [0.1, 0.15) is 11.3 Å². The molecule has 19 heavy (non-hydrogen) atoms. The average molecular weight is 280 g/mol. The molecule has 0 bridgehead atoms. The summed E-state index contributed by atoms with van der Waals surface area (Å²) < 4.78 is 28.5. The van der Waals surface area contributed by atoms with E-state index in [1.165, 1.54) is 5.56 Å². The van der Waals surface area contributed by atoms with Crippen LogP contribution in [-0.2, 0) is 27.3 Å². The van der Waals surface area contributed by atoms with Crippen molar-refractivity contribution in [3.05, 3.63) is 54.1 Å². The van der Waals surface area contributed by atoms with E-state index in [0.717, 1.165) is 18.5 Å². The molecule has 0 saturated heterocycles.